The van der Waals surface area contributed by atoms with Crippen LogP contribution in [-0.4, -0.2) is 44.3 Å². The first-order chi connectivity index (χ1) is 9.95. The quantitative estimate of drug-likeness (QED) is 0.523. The molecule has 0 aromatic heterocycles. The van der Waals surface area contributed by atoms with E-state index < -0.39 is 0 Å². The van der Waals surface area contributed by atoms with Gasteiger partial charge in [-0.05, 0) is 79.6 Å². The van der Waals surface area contributed by atoms with Crippen LogP contribution in [0, 0.1) is 28.6 Å². The zero-order chi connectivity index (χ0) is 14.8. The van der Waals surface area contributed by atoms with E-state index in [4.69, 9.17) is 0 Å². The molecule has 4 rings (SSSR count). The zero-order valence-electron chi connectivity index (χ0n) is 14.1. The van der Waals surface area contributed by atoms with Gasteiger partial charge >= 0.3 is 27.3 Å². The van der Waals surface area contributed by atoms with Gasteiger partial charge in [0.1, 0.15) is 0 Å². The van der Waals surface area contributed by atoms with Crippen molar-refractivity contribution in [3.63, 3.8) is 0 Å². The van der Waals surface area contributed by atoms with Gasteiger partial charge in [-0.25, -0.2) is 0 Å². The summed E-state index contributed by atoms with van der Waals surface area (Å²) < 4.78 is 0. The van der Waals surface area contributed by atoms with Crippen LogP contribution in [0.2, 0.25) is 0 Å². The summed E-state index contributed by atoms with van der Waals surface area (Å²) in [5.74, 6) is 2.57. The fraction of sp³-hybridized carbons (Fsp3) is 0.842. The van der Waals surface area contributed by atoms with Gasteiger partial charge in [0.25, 0.3) is 0 Å². The third-order valence-electron chi connectivity index (χ3n) is 7.91. The van der Waals surface area contributed by atoms with Crippen molar-refractivity contribution >= 4 is 33.1 Å². The molecule has 0 bridgehead atoms. The first-order valence-corrected chi connectivity index (χ1v) is 8.87. The van der Waals surface area contributed by atoms with Crippen molar-refractivity contribution in [3.8, 4) is 0 Å². The summed E-state index contributed by atoms with van der Waals surface area (Å²) in [4.78, 5) is 11.8. The summed E-state index contributed by atoms with van der Waals surface area (Å²) >= 11 is 0. The Morgan fingerprint density at radius 1 is 1.05 bits per heavy atom. The zero-order valence-corrected chi connectivity index (χ0v) is 19.6. The van der Waals surface area contributed by atoms with E-state index in [0.717, 1.165) is 37.5 Å². The van der Waals surface area contributed by atoms with Crippen LogP contribution in [0.25, 0.3) is 0 Å². The molecule has 122 valence electrons. The topological polar surface area (TPSA) is 37.3 Å². The molecule has 0 amide bonds. The molecule has 3 fully saturated rings. The molecule has 3 saturated carbocycles. The summed E-state index contributed by atoms with van der Waals surface area (Å²) in [6, 6.07) is 0. The van der Waals surface area contributed by atoms with Gasteiger partial charge in [-0.3, -0.25) is 4.79 Å². The van der Waals surface area contributed by atoms with Crippen LogP contribution in [0.4, 0.5) is 0 Å². The molecule has 1 N–H and O–H groups in total. The average molecular weight is 498 g/mol. The van der Waals surface area contributed by atoms with Crippen LogP contribution in [0.1, 0.15) is 65.2 Å². The molecule has 2 radical (unpaired) electrons. The van der Waals surface area contributed by atoms with Gasteiger partial charge in [0, 0.05) is 6.42 Å². The number of aliphatic hydroxyl groups excluding tert-OH is 1. The second kappa shape index (κ2) is 5.68. The fourth-order valence-electron chi connectivity index (χ4n) is 6.53. The third kappa shape index (κ3) is 2.22. The van der Waals surface area contributed by atoms with Gasteiger partial charge < -0.3 is 5.11 Å². The number of fused-ring (bicyclic) bond motifs is 5. The molecule has 4 aliphatic rings. The molecule has 0 spiro atoms. The minimum absolute atomic E-state index is 0. The first-order valence-electron chi connectivity index (χ1n) is 8.87. The SMILES string of the molecule is C[C@]12CC[C@H]3[C@@H](CCC4=CC(=O)CC[C@@]43C)[C@@H]1CC[C@@H]2O.[PbH2]. The molecule has 0 saturated heterocycles. The Balaban J connectivity index is 0.00000144. The Labute approximate surface area is 154 Å². The van der Waals surface area contributed by atoms with E-state index in [0.29, 0.717) is 11.7 Å². The summed E-state index contributed by atoms with van der Waals surface area (Å²) in [5, 5.41) is 10.4. The Morgan fingerprint density at radius 3 is 2.59 bits per heavy atom. The normalized spacial score (nSPS) is 50.3. The van der Waals surface area contributed by atoms with Crippen molar-refractivity contribution in [2.75, 3.05) is 0 Å². The van der Waals surface area contributed by atoms with E-state index in [1.54, 1.807) is 0 Å². The molecule has 0 unspecified atom stereocenters. The van der Waals surface area contributed by atoms with E-state index >= 15 is 0 Å². The van der Waals surface area contributed by atoms with Crippen molar-refractivity contribution in [1.29, 1.82) is 0 Å². The number of aliphatic hydroxyl groups is 1. The van der Waals surface area contributed by atoms with Gasteiger partial charge in [-0.1, -0.05) is 19.4 Å². The molecule has 22 heavy (non-hydrogen) atoms. The molecular weight excluding hydrogens is 467 g/mol. The van der Waals surface area contributed by atoms with Gasteiger partial charge in [0.2, 0.25) is 0 Å². The Kier molecular flexibility index (Phi) is 4.42. The molecule has 4 aliphatic carbocycles. The Hall–Kier alpha value is 0.292. The van der Waals surface area contributed by atoms with Crippen molar-refractivity contribution < 1.29 is 9.90 Å². The number of carbonyl (C=O) groups is 1. The van der Waals surface area contributed by atoms with Crippen molar-refractivity contribution in [1.82, 2.24) is 0 Å². The second-order valence-electron chi connectivity index (χ2n) is 8.61. The molecule has 6 atom stereocenters. The van der Waals surface area contributed by atoms with Crippen molar-refractivity contribution in [2.24, 2.45) is 28.6 Å². The minimum atomic E-state index is -0.0823. The number of hydrogen-bond acceptors (Lipinski definition) is 2. The summed E-state index contributed by atoms with van der Waals surface area (Å²) in [7, 11) is 0. The molecule has 3 heteroatoms. The fourth-order valence-corrected chi connectivity index (χ4v) is 6.53. The number of hydrogen-bond donors (Lipinski definition) is 1. The number of allylic oxidation sites excluding steroid dienone is 1. The van der Waals surface area contributed by atoms with Gasteiger partial charge in [-0.15, -0.1) is 0 Å². The Bertz CT molecular complexity index is 514. The van der Waals surface area contributed by atoms with Crippen LogP contribution in [0.3, 0.4) is 0 Å². The van der Waals surface area contributed by atoms with Crippen LogP contribution in [-0.2, 0) is 4.79 Å². The maximum atomic E-state index is 11.8. The standard InChI is InChI=1S/C19H28O2.Pb.2H/c1-18-9-7-13(20)11-12(18)3-4-14-15-5-6-17(21)19(15,2)10-8-16(14)18;;;/h11,14-17,21H,3-10H2,1-2H3;;;/t14-,15-,16-,17-,18-,19-;;;/m0.../s1. The molecule has 0 aromatic rings. The number of rotatable bonds is 0. The van der Waals surface area contributed by atoms with Gasteiger partial charge in [0.15, 0.2) is 5.78 Å². The monoisotopic (exact) mass is 498 g/mol. The summed E-state index contributed by atoms with van der Waals surface area (Å²) in [5.41, 5.74) is 1.89. The van der Waals surface area contributed by atoms with Crippen molar-refractivity contribution in [3.05, 3.63) is 11.6 Å². The van der Waals surface area contributed by atoms with Crippen molar-refractivity contribution in [2.45, 2.75) is 71.3 Å². The summed E-state index contributed by atoms with van der Waals surface area (Å²) in [6.07, 6.45) is 10.7. The molecule has 0 aliphatic heterocycles. The molecular formula is C19H30O2Pb. The maximum absolute atomic E-state index is 11.8. The summed E-state index contributed by atoms with van der Waals surface area (Å²) in [6.45, 7) is 4.76. The predicted molar refractivity (Wildman–Crippen MR) is 91.3 cm³/mol. The molecule has 0 aromatic carbocycles. The first kappa shape index (κ1) is 17.1. The Morgan fingerprint density at radius 2 is 1.82 bits per heavy atom. The molecule has 0 heterocycles. The third-order valence-corrected chi connectivity index (χ3v) is 7.91. The van der Waals surface area contributed by atoms with Gasteiger partial charge in [-0.2, -0.15) is 0 Å². The van der Waals surface area contributed by atoms with E-state index in [1.807, 2.05) is 6.08 Å². The van der Waals surface area contributed by atoms with E-state index in [2.05, 4.69) is 13.8 Å². The van der Waals surface area contributed by atoms with Gasteiger partial charge in [0.05, 0.1) is 6.10 Å². The van der Waals surface area contributed by atoms with Crippen LogP contribution in [0.5, 0.6) is 0 Å². The van der Waals surface area contributed by atoms with Crippen LogP contribution >= 0.6 is 0 Å². The molecule has 2 nitrogen and oxygen atoms in total. The van der Waals surface area contributed by atoms with E-state index in [1.165, 1.54) is 31.3 Å². The predicted octanol–water partition coefficient (Wildman–Crippen LogP) is 2.96. The second-order valence-corrected chi connectivity index (χ2v) is 8.61. The van der Waals surface area contributed by atoms with E-state index in [-0.39, 0.29) is 44.2 Å². The van der Waals surface area contributed by atoms with Crippen LogP contribution < -0.4 is 0 Å². The number of carbonyl (C=O) groups excluding carboxylic acids is 1. The van der Waals surface area contributed by atoms with E-state index in [9.17, 15) is 9.90 Å². The number of ketones is 1. The van der Waals surface area contributed by atoms with Crippen LogP contribution in [0.15, 0.2) is 11.6 Å². The average Bonchev–Trinajstić information content (AvgIpc) is 2.76.